The third kappa shape index (κ3) is 4.02. The average Bonchev–Trinajstić information content (AvgIpc) is 3.48. The van der Waals surface area contributed by atoms with E-state index in [0.717, 1.165) is 24.8 Å². The minimum atomic E-state index is -3.79. The number of likely N-dealkylation sites (tertiary alicyclic amines) is 1. The van der Waals surface area contributed by atoms with Crippen LogP contribution in [0.25, 0.3) is 11.6 Å². The summed E-state index contributed by atoms with van der Waals surface area (Å²) in [5, 5.41) is 7.67. The molecule has 1 saturated heterocycles. The van der Waals surface area contributed by atoms with Crippen molar-refractivity contribution in [1.29, 1.82) is 0 Å². The van der Waals surface area contributed by atoms with Gasteiger partial charge in [0.1, 0.15) is 10.6 Å². The Labute approximate surface area is 168 Å². The van der Waals surface area contributed by atoms with Crippen LogP contribution >= 0.6 is 0 Å². The average molecular weight is 415 g/mol. The van der Waals surface area contributed by atoms with Crippen LogP contribution < -0.4 is 4.72 Å². The zero-order valence-corrected chi connectivity index (χ0v) is 16.7. The molecule has 4 rings (SSSR count). The van der Waals surface area contributed by atoms with Gasteiger partial charge < -0.3 is 14.3 Å². The number of hydrogen-bond donors (Lipinski definition) is 2. The number of carbonyl (C=O) groups excluding carboxylic acids is 1. The summed E-state index contributed by atoms with van der Waals surface area (Å²) in [5.41, 5.74) is 1.84. The van der Waals surface area contributed by atoms with Gasteiger partial charge in [-0.1, -0.05) is 19.1 Å². The third-order valence-corrected chi connectivity index (χ3v) is 6.15. The van der Waals surface area contributed by atoms with Crippen molar-refractivity contribution in [3.63, 3.8) is 0 Å². The molecule has 0 aliphatic carbocycles. The Kier molecular flexibility index (Phi) is 5.10. The number of amides is 1. The summed E-state index contributed by atoms with van der Waals surface area (Å²) in [6.07, 6.45) is 4.06. The maximum absolute atomic E-state index is 12.7. The molecule has 1 aliphatic heterocycles. The predicted octanol–water partition coefficient (Wildman–Crippen LogP) is 2.66. The third-order valence-electron chi connectivity index (χ3n) is 4.79. The number of nitrogens with zero attached hydrogens (tertiary/aromatic N) is 3. The van der Waals surface area contributed by atoms with Gasteiger partial charge in [-0.05, 0) is 43.0 Å². The summed E-state index contributed by atoms with van der Waals surface area (Å²) in [6.45, 7) is 3.35. The van der Waals surface area contributed by atoms with Crippen LogP contribution in [-0.2, 0) is 16.4 Å². The number of anilines is 1. The Morgan fingerprint density at radius 1 is 1.24 bits per heavy atom. The zero-order chi connectivity index (χ0) is 20.4. The highest BCUT2D eigenvalue weighted by molar-refractivity contribution is 7.92. The van der Waals surface area contributed by atoms with Gasteiger partial charge in [-0.15, -0.1) is 10.2 Å². The van der Waals surface area contributed by atoms with Crippen LogP contribution in [0.1, 0.15) is 36.0 Å². The van der Waals surface area contributed by atoms with Gasteiger partial charge in [0.05, 0.1) is 0 Å². The van der Waals surface area contributed by atoms with E-state index in [-0.39, 0.29) is 22.6 Å². The van der Waals surface area contributed by atoms with Crippen molar-refractivity contribution < 1.29 is 17.6 Å². The number of H-pyrrole nitrogens is 1. The van der Waals surface area contributed by atoms with Gasteiger partial charge in [0.25, 0.3) is 15.9 Å². The molecule has 9 nitrogen and oxygen atoms in total. The van der Waals surface area contributed by atoms with Crippen molar-refractivity contribution in [3.8, 4) is 11.6 Å². The summed E-state index contributed by atoms with van der Waals surface area (Å²) >= 11 is 0. The van der Waals surface area contributed by atoms with E-state index in [4.69, 9.17) is 4.42 Å². The first-order valence-electron chi connectivity index (χ1n) is 9.39. The number of rotatable bonds is 6. The fraction of sp³-hybridized carbons (Fsp3) is 0.316. The number of benzene rings is 1. The van der Waals surface area contributed by atoms with Gasteiger partial charge in [0, 0.05) is 25.0 Å². The second-order valence-electron chi connectivity index (χ2n) is 6.82. The lowest BCUT2D eigenvalue weighted by Crippen LogP contribution is -2.27. The lowest BCUT2D eigenvalue weighted by molar-refractivity contribution is 0.0754. The quantitative estimate of drug-likeness (QED) is 0.638. The molecule has 1 fully saturated rings. The van der Waals surface area contributed by atoms with Gasteiger partial charge >= 0.3 is 11.8 Å². The number of sulfonamides is 1. The summed E-state index contributed by atoms with van der Waals surface area (Å²) in [6, 6.07) is 8.61. The maximum Gasteiger partial charge on any atom is 0.311 e. The van der Waals surface area contributed by atoms with E-state index in [1.165, 1.54) is 12.3 Å². The number of hydrogen-bond acceptors (Lipinski definition) is 6. The first-order valence-corrected chi connectivity index (χ1v) is 10.9. The molecule has 152 valence electrons. The molecular formula is C19H21N5O4S. The predicted molar refractivity (Wildman–Crippen MR) is 106 cm³/mol. The van der Waals surface area contributed by atoms with Crippen LogP contribution in [0.5, 0.6) is 0 Å². The van der Waals surface area contributed by atoms with E-state index in [1.54, 1.807) is 23.1 Å². The molecule has 1 aliphatic rings. The molecule has 0 saturated carbocycles. The van der Waals surface area contributed by atoms with Gasteiger partial charge in [-0.25, -0.2) is 8.42 Å². The van der Waals surface area contributed by atoms with Gasteiger partial charge in [0.2, 0.25) is 0 Å². The topological polar surface area (TPSA) is 121 Å². The fourth-order valence-corrected chi connectivity index (χ4v) is 4.24. The van der Waals surface area contributed by atoms with E-state index >= 15 is 0 Å². The smallest absolute Gasteiger partial charge is 0.311 e. The van der Waals surface area contributed by atoms with E-state index in [1.807, 2.05) is 13.0 Å². The van der Waals surface area contributed by atoms with E-state index < -0.39 is 10.0 Å². The molecule has 1 amide bonds. The Bertz CT molecular complexity index is 1130. The number of nitrogens with one attached hydrogen (secondary N) is 2. The summed E-state index contributed by atoms with van der Waals surface area (Å²) in [7, 11) is -3.79. The van der Waals surface area contributed by atoms with Crippen LogP contribution in [0, 0.1) is 0 Å². The van der Waals surface area contributed by atoms with Crippen LogP contribution in [0.3, 0.4) is 0 Å². The number of aryl methyl sites for hydroxylation is 1. The lowest BCUT2D eigenvalue weighted by Gasteiger charge is -2.11. The van der Waals surface area contributed by atoms with Crippen LogP contribution in [0.15, 0.2) is 45.8 Å². The number of aromatic nitrogens is 3. The summed E-state index contributed by atoms with van der Waals surface area (Å²) in [5.74, 6) is -0.351. The van der Waals surface area contributed by atoms with Crippen molar-refractivity contribution >= 4 is 21.6 Å². The van der Waals surface area contributed by atoms with Crippen LogP contribution in [0.4, 0.5) is 5.69 Å². The first kappa shape index (κ1) is 19.2. The van der Waals surface area contributed by atoms with E-state index in [2.05, 4.69) is 19.9 Å². The number of aromatic amines is 1. The van der Waals surface area contributed by atoms with E-state index in [0.29, 0.717) is 24.5 Å². The molecule has 1 aromatic carbocycles. The van der Waals surface area contributed by atoms with Crippen molar-refractivity contribution in [1.82, 2.24) is 20.1 Å². The molecule has 0 atom stereocenters. The first-order chi connectivity index (χ1) is 14.0. The molecule has 0 radical (unpaired) electrons. The Balaban J connectivity index is 1.52. The second kappa shape index (κ2) is 7.70. The number of carbonyl (C=O) groups is 1. The molecule has 3 aromatic rings. The van der Waals surface area contributed by atoms with Gasteiger partial charge in [0.15, 0.2) is 0 Å². The summed E-state index contributed by atoms with van der Waals surface area (Å²) < 4.78 is 33.4. The van der Waals surface area contributed by atoms with Crippen LogP contribution in [-0.4, -0.2) is 47.5 Å². The molecule has 10 heteroatoms. The van der Waals surface area contributed by atoms with Gasteiger partial charge in [-0.2, -0.15) is 0 Å². The maximum atomic E-state index is 12.7. The Morgan fingerprint density at radius 3 is 2.79 bits per heavy atom. The molecule has 29 heavy (non-hydrogen) atoms. The largest absolute Gasteiger partial charge is 0.411 e. The SMILES string of the molecule is CCc1cccc(NS(=O)(=O)c2c[nH]c(-c3nnc(C(=O)N4CCCC4)o3)c2)c1. The van der Waals surface area contributed by atoms with Gasteiger partial charge in [-0.3, -0.25) is 9.52 Å². The lowest BCUT2D eigenvalue weighted by atomic mass is 10.1. The molecule has 3 heterocycles. The minimum absolute atomic E-state index is 0.0278. The molecule has 2 N–H and O–H groups in total. The monoisotopic (exact) mass is 415 g/mol. The van der Waals surface area contributed by atoms with E-state index in [9.17, 15) is 13.2 Å². The Hall–Kier alpha value is -3.14. The van der Waals surface area contributed by atoms with Crippen molar-refractivity contribution in [2.75, 3.05) is 17.8 Å². The van der Waals surface area contributed by atoms with Crippen molar-refractivity contribution in [2.24, 2.45) is 0 Å². The highest BCUT2D eigenvalue weighted by atomic mass is 32.2. The standard InChI is InChI=1S/C19H21N5O4S/c1-2-13-6-5-7-14(10-13)23-29(26,27)15-11-16(20-12-15)17-21-22-18(28-17)19(25)24-8-3-4-9-24/h5-7,10-12,20,23H,2-4,8-9H2,1H3. The molecule has 0 unspecified atom stereocenters. The Morgan fingerprint density at radius 2 is 2.03 bits per heavy atom. The van der Waals surface area contributed by atoms with Crippen LogP contribution in [0.2, 0.25) is 0 Å². The zero-order valence-electron chi connectivity index (χ0n) is 15.9. The normalized spacial score (nSPS) is 14.3. The highest BCUT2D eigenvalue weighted by Gasteiger charge is 2.25. The summed E-state index contributed by atoms with van der Waals surface area (Å²) in [4.78, 5) is 16.8. The second-order valence-corrected chi connectivity index (χ2v) is 8.50. The minimum Gasteiger partial charge on any atom is -0.411 e. The highest BCUT2D eigenvalue weighted by Crippen LogP contribution is 2.23. The van der Waals surface area contributed by atoms with Crippen molar-refractivity contribution in [3.05, 3.63) is 48.0 Å². The molecule has 0 spiro atoms. The molecule has 0 bridgehead atoms. The molecule has 2 aromatic heterocycles. The van der Waals surface area contributed by atoms with Crippen molar-refractivity contribution in [2.45, 2.75) is 31.1 Å². The molecular weight excluding hydrogens is 394 g/mol. The fourth-order valence-electron chi connectivity index (χ4n) is 3.20.